The molecule has 3 aromatic rings. The molecule has 4 nitrogen and oxygen atoms in total. The van der Waals surface area contributed by atoms with E-state index in [4.69, 9.17) is 4.74 Å². The summed E-state index contributed by atoms with van der Waals surface area (Å²) >= 11 is 1.59. The second-order valence-electron chi connectivity index (χ2n) is 4.21. The lowest BCUT2D eigenvalue weighted by Crippen LogP contribution is -1.96. The monoisotopic (exact) mass is 271 g/mol. The van der Waals surface area contributed by atoms with Crippen LogP contribution in [0.15, 0.2) is 48.4 Å². The molecule has 0 N–H and O–H groups in total. The molecule has 19 heavy (non-hydrogen) atoms. The minimum absolute atomic E-state index is 0.560. The first-order valence-electron chi connectivity index (χ1n) is 5.93. The Labute approximate surface area is 115 Å². The van der Waals surface area contributed by atoms with Gasteiger partial charge in [0.05, 0.1) is 22.3 Å². The Balaban J connectivity index is 1.69. The van der Waals surface area contributed by atoms with Crippen molar-refractivity contribution >= 4 is 11.3 Å². The first kappa shape index (κ1) is 11.9. The van der Waals surface area contributed by atoms with E-state index in [1.807, 2.05) is 60.0 Å². The maximum atomic E-state index is 5.69. The summed E-state index contributed by atoms with van der Waals surface area (Å²) in [7, 11) is 0. The summed E-state index contributed by atoms with van der Waals surface area (Å²) in [4.78, 5) is 5.13. The third-order valence-corrected chi connectivity index (χ3v) is 3.43. The lowest BCUT2D eigenvalue weighted by Gasteiger charge is -2.06. The molecular formula is C14H13N3OS. The fraction of sp³-hybridized carbons (Fsp3) is 0.143. The van der Waals surface area contributed by atoms with Gasteiger partial charge in [-0.05, 0) is 36.8 Å². The molecule has 2 aromatic heterocycles. The number of ether oxygens (including phenoxy) is 1. The summed E-state index contributed by atoms with van der Waals surface area (Å²) in [6, 6.07) is 7.89. The van der Waals surface area contributed by atoms with Gasteiger partial charge >= 0.3 is 0 Å². The molecule has 0 aliphatic heterocycles. The largest absolute Gasteiger partial charge is 0.488 e. The Morgan fingerprint density at radius 3 is 2.68 bits per heavy atom. The van der Waals surface area contributed by atoms with Gasteiger partial charge in [-0.2, -0.15) is 5.10 Å². The molecule has 0 bridgehead atoms. The summed E-state index contributed by atoms with van der Waals surface area (Å²) in [5.41, 5.74) is 3.98. The Morgan fingerprint density at radius 1 is 1.21 bits per heavy atom. The van der Waals surface area contributed by atoms with Crippen molar-refractivity contribution in [3.05, 3.63) is 58.8 Å². The molecule has 0 spiro atoms. The molecule has 3 rings (SSSR count). The van der Waals surface area contributed by atoms with Crippen molar-refractivity contribution in [2.24, 2.45) is 0 Å². The van der Waals surface area contributed by atoms with Crippen LogP contribution in [0.4, 0.5) is 0 Å². The summed E-state index contributed by atoms with van der Waals surface area (Å²) in [6.07, 6.45) is 5.66. The van der Waals surface area contributed by atoms with Gasteiger partial charge in [-0.3, -0.25) is 4.98 Å². The third-order valence-electron chi connectivity index (χ3n) is 2.68. The van der Waals surface area contributed by atoms with E-state index >= 15 is 0 Å². The van der Waals surface area contributed by atoms with Crippen LogP contribution in [0.1, 0.15) is 10.4 Å². The van der Waals surface area contributed by atoms with E-state index in [2.05, 4.69) is 10.1 Å². The van der Waals surface area contributed by atoms with Crippen molar-refractivity contribution in [2.75, 3.05) is 0 Å². The smallest absolute Gasteiger partial charge is 0.124 e. The van der Waals surface area contributed by atoms with Gasteiger partial charge in [0.25, 0.3) is 0 Å². The number of aromatic nitrogens is 3. The minimum atomic E-state index is 0.560. The average Bonchev–Trinajstić information content (AvgIpc) is 3.08. The Morgan fingerprint density at radius 2 is 2.05 bits per heavy atom. The van der Waals surface area contributed by atoms with Crippen LogP contribution in [-0.2, 0) is 6.61 Å². The molecule has 0 saturated heterocycles. The molecule has 2 heterocycles. The van der Waals surface area contributed by atoms with Crippen LogP contribution in [0, 0.1) is 6.92 Å². The number of nitrogens with zero attached hydrogens (tertiary/aromatic N) is 3. The van der Waals surface area contributed by atoms with Gasteiger partial charge in [0.1, 0.15) is 12.4 Å². The Kier molecular flexibility index (Phi) is 3.29. The zero-order valence-corrected chi connectivity index (χ0v) is 11.3. The highest BCUT2D eigenvalue weighted by Crippen LogP contribution is 2.17. The normalized spacial score (nSPS) is 10.6. The highest BCUT2D eigenvalue weighted by molar-refractivity contribution is 7.09. The highest BCUT2D eigenvalue weighted by atomic mass is 32.1. The Hall–Kier alpha value is -2.14. The number of aryl methyl sites for hydroxylation is 1. The summed E-state index contributed by atoms with van der Waals surface area (Å²) in [5.74, 6) is 0.848. The van der Waals surface area contributed by atoms with Crippen LogP contribution in [0.5, 0.6) is 5.75 Å². The van der Waals surface area contributed by atoms with Gasteiger partial charge < -0.3 is 4.74 Å². The van der Waals surface area contributed by atoms with Gasteiger partial charge in [0.15, 0.2) is 0 Å². The van der Waals surface area contributed by atoms with E-state index in [1.165, 1.54) is 0 Å². The molecule has 0 amide bonds. The number of hydrogen-bond donors (Lipinski definition) is 0. The average molecular weight is 271 g/mol. The summed E-state index contributed by atoms with van der Waals surface area (Å²) in [6.45, 7) is 2.58. The summed E-state index contributed by atoms with van der Waals surface area (Å²) in [5, 5.41) is 4.27. The van der Waals surface area contributed by atoms with Crippen LogP contribution in [0.3, 0.4) is 0 Å². The van der Waals surface area contributed by atoms with Crippen LogP contribution >= 0.6 is 11.3 Å². The molecule has 0 fully saturated rings. The SMILES string of the molecule is Cc1cnn(-c2ccc(OCc3cncs3)cc2)c1. The number of benzene rings is 1. The van der Waals surface area contributed by atoms with Crippen molar-refractivity contribution in [3.63, 3.8) is 0 Å². The first-order valence-corrected chi connectivity index (χ1v) is 6.81. The van der Waals surface area contributed by atoms with Crippen LogP contribution < -0.4 is 4.74 Å². The Bertz CT molecular complexity index is 644. The standard InChI is InChI=1S/C14H13N3OS/c1-11-6-16-17(8-11)12-2-4-13(5-3-12)18-9-14-7-15-10-19-14/h2-8,10H,9H2,1H3. The van der Waals surface area contributed by atoms with Crippen molar-refractivity contribution in [1.29, 1.82) is 0 Å². The molecule has 0 aliphatic rings. The highest BCUT2D eigenvalue weighted by Gasteiger charge is 2.00. The summed E-state index contributed by atoms with van der Waals surface area (Å²) < 4.78 is 7.54. The van der Waals surface area contributed by atoms with Crippen LogP contribution in [0.2, 0.25) is 0 Å². The zero-order chi connectivity index (χ0) is 13.1. The first-order chi connectivity index (χ1) is 9.31. The lowest BCUT2D eigenvalue weighted by atomic mass is 10.3. The molecule has 0 radical (unpaired) electrons. The fourth-order valence-electron chi connectivity index (χ4n) is 1.72. The van der Waals surface area contributed by atoms with E-state index < -0.39 is 0 Å². The molecule has 1 aromatic carbocycles. The third kappa shape index (κ3) is 2.82. The topological polar surface area (TPSA) is 39.9 Å². The molecular weight excluding hydrogens is 258 g/mol. The fourth-order valence-corrected chi connectivity index (χ4v) is 2.22. The van der Waals surface area contributed by atoms with Crippen molar-refractivity contribution in [2.45, 2.75) is 13.5 Å². The number of hydrogen-bond acceptors (Lipinski definition) is 4. The molecule has 0 atom stereocenters. The van der Waals surface area contributed by atoms with Gasteiger partial charge in [-0.25, -0.2) is 4.68 Å². The van der Waals surface area contributed by atoms with Crippen molar-refractivity contribution < 1.29 is 4.74 Å². The molecule has 0 saturated carbocycles. The molecule has 0 aliphatic carbocycles. The maximum Gasteiger partial charge on any atom is 0.124 e. The van der Waals surface area contributed by atoms with E-state index in [9.17, 15) is 0 Å². The number of thiazole rings is 1. The van der Waals surface area contributed by atoms with Gasteiger partial charge in [-0.1, -0.05) is 0 Å². The van der Waals surface area contributed by atoms with Crippen LogP contribution in [-0.4, -0.2) is 14.8 Å². The lowest BCUT2D eigenvalue weighted by molar-refractivity contribution is 0.309. The minimum Gasteiger partial charge on any atom is -0.488 e. The molecule has 5 heteroatoms. The zero-order valence-electron chi connectivity index (χ0n) is 10.5. The quantitative estimate of drug-likeness (QED) is 0.731. The van der Waals surface area contributed by atoms with E-state index in [-0.39, 0.29) is 0 Å². The predicted molar refractivity (Wildman–Crippen MR) is 74.7 cm³/mol. The van der Waals surface area contributed by atoms with E-state index in [1.54, 1.807) is 11.3 Å². The van der Waals surface area contributed by atoms with Crippen molar-refractivity contribution in [1.82, 2.24) is 14.8 Å². The van der Waals surface area contributed by atoms with E-state index in [0.717, 1.165) is 21.9 Å². The van der Waals surface area contributed by atoms with Crippen molar-refractivity contribution in [3.8, 4) is 11.4 Å². The number of rotatable bonds is 4. The molecule has 0 unspecified atom stereocenters. The van der Waals surface area contributed by atoms with Gasteiger partial charge in [0, 0.05) is 12.4 Å². The van der Waals surface area contributed by atoms with Crippen LogP contribution in [0.25, 0.3) is 5.69 Å². The van der Waals surface area contributed by atoms with Gasteiger partial charge in [0.2, 0.25) is 0 Å². The van der Waals surface area contributed by atoms with E-state index in [0.29, 0.717) is 6.61 Å². The second kappa shape index (κ2) is 5.24. The molecule has 96 valence electrons. The second-order valence-corrected chi connectivity index (χ2v) is 5.18. The predicted octanol–water partition coefficient (Wildman–Crippen LogP) is 3.22. The maximum absolute atomic E-state index is 5.69. The van der Waals surface area contributed by atoms with Gasteiger partial charge in [-0.15, -0.1) is 11.3 Å².